The van der Waals surface area contributed by atoms with Gasteiger partial charge in [0, 0.05) is 13.1 Å². The van der Waals surface area contributed by atoms with E-state index in [1.807, 2.05) is 13.8 Å². The minimum absolute atomic E-state index is 0.0420. The zero-order chi connectivity index (χ0) is 16.5. The molecular formula is C12H15F3N6O. The zero-order valence-corrected chi connectivity index (χ0v) is 12.1. The molecule has 0 aromatic carbocycles. The van der Waals surface area contributed by atoms with Crippen molar-refractivity contribution in [3.05, 3.63) is 12.2 Å². The van der Waals surface area contributed by atoms with Crippen molar-refractivity contribution >= 4 is 22.9 Å². The van der Waals surface area contributed by atoms with Crippen molar-refractivity contribution in [1.29, 1.82) is 0 Å². The third-order valence-corrected chi connectivity index (χ3v) is 3.17. The van der Waals surface area contributed by atoms with E-state index >= 15 is 0 Å². The van der Waals surface area contributed by atoms with E-state index in [-0.39, 0.29) is 29.4 Å². The molecule has 2 heterocycles. The van der Waals surface area contributed by atoms with Crippen molar-refractivity contribution in [2.24, 2.45) is 0 Å². The molecule has 0 aliphatic rings. The second-order valence-corrected chi connectivity index (χ2v) is 4.54. The number of rotatable bonds is 4. The number of nitrogen functional groups attached to an aromatic ring is 1. The van der Waals surface area contributed by atoms with Crippen LogP contribution in [0.4, 0.5) is 19.0 Å². The number of hydrogen-bond donors (Lipinski definition) is 1. The fourth-order valence-electron chi connectivity index (χ4n) is 2.03. The minimum atomic E-state index is -4.72. The monoisotopic (exact) mass is 316 g/mol. The molecule has 1 amide bonds. The third-order valence-electron chi connectivity index (χ3n) is 3.17. The number of likely N-dealkylation sites (N-methyl/N-ethyl adjacent to an activating group) is 1. The van der Waals surface area contributed by atoms with Crippen LogP contribution in [0.3, 0.4) is 0 Å². The highest BCUT2D eigenvalue weighted by Crippen LogP contribution is 2.28. The third kappa shape index (κ3) is 2.95. The fourth-order valence-corrected chi connectivity index (χ4v) is 2.03. The molecule has 2 aromatic rings. The first-order valence-electron chi connectivity index (χ1n) is 6.61. The summed E-state index contributed by atoms with van der Waals surface area (Å²) in [5, 5.41) is 0. The van der Waals surface area contributed by atoms with E-state index in [4.69, 9.17) is 5.73 Å². The van der Waals surface area contributed by atoms with Gasteiger partial charge in [-0.2, -0.15) is 13.2 Å². The average molecular weight is 316 g/mol. The average Bonchev–Trinajstić information content (AvgIpc) is 2.83. The molecule has 2 rings (SSSR count). The van der Waals surface area contributed by atoms with Gasteiger partial charge in [-0.05, 0) is 13.8 Å². The normalized spacial score (nSPS) is 11.9. The van der Waals surface area contributed by atoms with Crippen LogP contribution in [0.5, 0.6) is 0 Å². The number of halogens is 3. The van der Waals surface area contributed by atoms with Crippen molar-refractivity contribution in [1.82, 2.24) is 24.4 Å². The van der Waals surface area contributed by atoms with Crippen LogP contribution in [0.1, 0.15) is 19.7 Å². The molecule has 22 heavy (non-hydrogen) atoms. The summed E-state index contributed by atoms with van der Waals surface area (Å²) in [5.74, 6) is -1.96. The molecular weight excluding hydrogens is 301 g/mol. The SMILES string of the molecule is CCN(CC)C(=O)Cn1cnc2c(N)nc(C(F)(F)F)nc21. The number of nitrogens with two attached hydrogens (primary N) is 1. The largest absolute Gasteiger partial charge is 0.451 e. The van der Waals surface area contributed by atoms with Crippen LogP contribution < -0.4 is 5.73 Å². The van der Waals surface area contributed by atoms with Crippen LogP contribution in [0.2, 0.25) is 0 Å². The van der Waals surface area contributed by atoms with Gasteiger partial charge in [0.2, 0.25) is 11.7 Å². The van der Waals surface area contributed by atoms with Gasteiger partial charge in [-0.1, -0.05) is 0 Å². The van der Waals surface area contributed by atoms with Crippen molar-refractivity contribution in [2.45, 2.75) is 26.6 Å². The van der Waals surface area contributed by atoms with Gasteiger partial charge >= 0.3 is 6.18 Å². The number of fused-ring (bicyclic) bond motifs is 1. The molecule has 10 heteroatoms. The van der Waals surface area contributed by atoms with Gasteiger partial charge in [0.25, 0.3) is 0 Å². The molecule has 2 aromatic heterocycles. The first kappa shape index (κ1) is 16.0. The molecule has 2 N–H and O–H groups in total. The molecule has 0 fully saturated rings. The van der Waals surface area contributed by atoms with E-state index in [2.05, 4.69) is 15.0 Å². The molecule has 0 radical (unpaired) electrons. The van der Waals surface area contributed by atoms with E-state index in [1.165, 1.54) is 10.9 Å². The standard InChI is InChI=1S/C12H15F3N6O/c1-3-20(4-2)7(22)5-21-6-17-8-9(16)18-11(12(13,14)15)19-10(8)21/h6H,3-5H2,1-2H3,(H2,16,18,19). The maximum atomic E-state index is 12.7. The molecule has 0 unspecified atom stereocenters. The number of amides is 1. The van der Waals surface area contributed by atoms with E-state index in [0.29, 0.717) is 13.1 Å². The Morgan fingerprint density at radius 2 is 1.95 bits per heavy atom. The second-order valence-electron chi connectivity index (χ2n) is 4.54. The van der Waals surface area contributed by atoms with Crippen LogP contribution in [-0.4, -0.2) is 43.4 Å². The van der Waals surface area contributed by atoms with Gasteiger partial charge < -0.3 is 15.2 Å². The van der Waals surface area contributed by atoms with E-state index in [9.17, 15) is 18.0 Å². The summed E-state index contributed by atoms with van der Waals surface area (Å²) < 4.78 is 39.5. The molecule has 0 aliphatic heterocycles. The Morgan fingerprint density at radius 3 is 2.50 bits per heavy atom. The van der Waals surface area contributed by atoms with E-state index < -0.39 is 12.0 Å². The summed E-state index contributed by atoms with van der Waals surface area (Å²) in [6, 6.07) is 0. The Hall–Kier alpha value is -2.39. The zero-order valence-electron chi connectivity index (χ0n) is 12.1. The quantitative estimate of drug-likeness (QED) is 0.918. The Balaban J connectivity index is 2.43. The van der Waals surface area contributed by atoms with E-state index in [0.717, 1.165) is 0 Å². The Morgan fingerprint density at radius 1 is 1.32 bits per heavy atom. The number of imidazole rings is 1. The lowest BCUT2D eigenvalue weighted by Crippen LogP contribution is -2.33. The lowest BCUT2D eigenvalue weighted by Gasteiger charge is -2.18. The van der Waals surface area contributed by atoms with Crippen LogP contribution in [0.15, 0.2) is 6.33 Å². The number of nitrogens with zero attached hydrogens (tertiary/aromatic N) is 5. The van der Waals surface area contributed by atoms with Crippen molar-refractivity contribution in [3.63, 3.8) is 0 Å². The minimum Gasteiger partial charge on any atom is -0.382 e. The van der Waals surface area contributed by atoms with Crippen molar-refractivity contribution < 1.29 is 18.0 Å². The van der Waals surface area contributed by atoms with Gasteiger partial charge in [0.1, 0.15) is 12.1 Å². The summed E-state index contributed by atoms with van der Waals surface area (Å²) in [4.78, 5) is 24.1. The Bertz CT molecular complexity index is 692. The number of anilines is 1. The molecule has 120 valence electrons. The maximum absolute atomic E-state index is 12.7. The van der Waals surface area contributed by atoms with Crippen molar-refractivity contribution in [2.75, 3.05) is 18.8 Å². The van der Waals surface area contributed by atoms with Crippen LogP contribution in [0, 0.1) is 0 Å². The van der Waals surface area contributed by atoms with E-state index in [1.54, 1.807) is 4.90 Å². The number of alkyl halides is 3. The molecule has 0 spiro atoms. The highest BCUT2D eigenvalue weighted by atomic mass is 19.4. The number of hydrogen-bond acceptors (Lipinski definition) is 5. The fraction of sp³-hybridized carbons (Fsp3) is 0.500. The van der Waals surface area contributed by atoms with Crippen LogP contribution in [-0.2, 0) is 17.5 Å². The first-order valence-corrected chi connectivity index (χ1v) is 6.61. The predicted molar refractivity (Wildman–Crippen MR) is 72.7 cm³/mol. The smallest absolute Gasteiger partial charge is 0.382 e. The Kier molecular flexibility index (Phi) is 4.20. The first-order chi connectivity index (χ1) is 10.3. The van der Waals surface area contributed by atoms with Crippen LogP contribution in [0.25, 0.3) is 11.2 Å². The summed E-state index contributed by atoms with van der Waals surface area (Å²) in [6.45, 7) is 4.48. The van der Waals surface area contributed by atoms with Crippen molar-refractivity contribution in [3.8, 4) is 0 Å². The Labute approximate surface area is 124 Å². The number of carbonyl (C=O) groups excluding carboxylic acids is 1. The highest BCUT2D eigenvalue weighted by molar-refractivity contribution is 5.83. The molecule has 0 aliphatic carbocycles. The predicted octanol–water partition coefficient (Wildman–Crippen LogP) is 1.30. The van der Waals surface area contributed by atoms with Gasteiger partial charge in [0.15, 0.2) is 11.5 Å². The highest BCUT2D eigenvalue weighted by Gasteiger charge is 2.36. The summed E-state index contributed by atoms with van der Waals surface area (Å²) in [7, 11) is 0. The topological polar surface area (TPSA) is 89.9 Å². The summed E-state index contributed by atoms with van der Waals surface area (Å²) in [6.07, 6.45) is -3.49. The lowest BCUT2D eigenvalue weighted by atomic mass is 10.4. The molecule has 7 nitrogen and oxygen atoms in total. The maximum Gasteiger partial charge on any atom is 0.451 e. The van der Waals surface area contributed by atoms with Gasteiger partial charge in [-0.25, -0.2) is 15.0 Å². The second kappa shape index (κ2) is 5.78. The lowest BCUT2D eigenvalue weighted by molar-refractivity contribution is -0.144. The number of carbonyl (C=O) groups is 1. The molecule has 0 saturated carbocycles. The van der Waals surface area contributed by atoms with Crippen LogP contribution >= 0.6 is 0 Å². The summed E-state index contributed by atoms with van der Waals surface area (Å²) >= 11 is 0. The van der Waals surface area contributed by atoms with Gasteiger partial charge in [-0.3, -0.25) is 4.79 Å². The summed E-state index contributed by atoms with van der Waals surface area (Å²) in [5.41, 5.74) is 5.42. The van der Waals surface area contributed by atoms with Gasteiger partial charge in [0.05, 0.1) is 6.33 Å². The molecule has 0 bridgehead atoms. The number of aromatic nitrogens is 4. The van der Waals surface area contributed by atoms with Gasteiger partial charge in [-0.15, -0.1) is 0 Å². The molecule has 0 saturated heterocycles. The molecule has 0 atom stereocenters.